The van der Waals surface area contributed by atoms with Gasteiger partial charge in [-0.25, -0.2) is 4.83 Å². The third-order valence-electron chi connectivity index (χ3n) is 4.60. The average molecular weight is 443 g/mol. The van der Waals surface area contributed by atoms with Crippen molar-refractivity contribution in [3.8, 4) is 22.8 Å². The highest BCUT2D eigenvalue weighted by atomic mass is 32.2. The summed E-state index contributed by atoms with van der Waals surface area (Å²) in [6.07, 6.45) is 3.86. The monoisotopic (exact) mass is 442 g/mol. The molecule has 0 aliphatic rings. The van der Waals surface area contributed by atoms with Gasteiger partial charge in [-0.1, -0.05) is 26.0 Å². The highest BCUT2D eigenvalue weighted by molar-refractivity contribution is 7.89. The molecule has 0 unspecified atom stereocenters. The molecule has 164 valence electrons. The predicted octanol–water partition coefficient (Wildman–Crippen LogP) is 3.60. The number of aromatic nitrogens is 2. The van der Waals surface area contributed by atoms with Gasteiger partial charge < -0.3 is 9.47 Å². The Labute approximate surface area is 182 Å². The van der Waals surface area contributed by atoms with Crippen molar-refractivity contribution < 1.29 is 17.9 Å². The molecule has 0 fully saturated rings. The molecule has 2 aromatic carbocycles. The van der Waals surface area contributed by atoms with Crippen LogP contribution in [0.2, 0.25) is 0 Å². The maximum absolute atomic E-state index is 12.5. The standard InChI is InChI=1S/C22H26N4O4S/c1-15(2)11-16-5-8-19(9-6-16)31(27,28)26-24-14-18-13-23-25-22(18)17-7-10-20(29-3)21(12-17)30-4/h5-10,12-15,26H,11H2,1-4H3,(H,23,25). The molecule has 9 heteroatoms. The van der Waals surface area contributed by atoms with Crippen LogP contribution in [0.15, 0.2) is 58.7 Å². The Bertz CT molecular complexity index is 1150. The topological polar surface area (TPSA) is 106 Å². The van der Waals surface area contributed by atoms with E-state index in [-0.39, 0.29) is 4.90 Å². The number of nitrogens with one attached hydrogen (secondary N) is 2. The fraction of sp³-hybridized carbons (Fsp3) is 0.273. The quantitative estimate of drug-likeness (QED) is 0.389. The number of sulfonamides is 1. The summed E-state index contributed by atoms with van der Waals surface area (Å²) in [5, 5.41) is 10.9. The number of methoxy groups -OCH3 is 2. The van der Waals surface area contributed by atoms with Crippen molar-refractivity contribution in [1.82, 2.24) is 15.0 Å². The molecule has 8 nitrogen and oxygen atoms in total. The van der Waals surface area contributed by atoms with Crippen molar-refractivity contribution in [2.24, 2.45) is 11.0 Å². The second kappa shape index (κ2) is 9.65. The van der Waals surface area contributed by atoms with Crippen molar-refractivity contribution in [3.63, 3.8) is 0 Å². The fourth-order valence-corrected chi connectivity index (χ4v) is 3.90. The van der Waals surface area contributed by atoms with Gasteiger partial charge in [0.1, 0.15) is 0 Å². The van der Waals surface area contributed by atoms with Crippen LogP contribution >= 0.6 is 0 Å². The van der Waals surface area contributed by atoms with E-state index in [1.807, 2.05) is 18.2 Å². The number of hydrogen-bond donors (Lipinski definition) is 2. The van der Waals surface area contributed by atoms with E-state index in [9.17, 15) is 8.42 Å². The number of nitrogens with zero attached hydrogens (tertiary/aromatic N) is 2. The zero-order valence-electron chi connectivity index (χ0n) is 17.9. The van der Waals surface area contributed by atoms with E-state index >= 15 is 0 Å². The van der Waals surface area contributed by atoms with Crippen LogP contribution in [0, 0.1) is 5.92 Å². The third kappa shape index (κ3) is 5.43. The first kappa shape index (κ1) is 22.4. The Hall–Kier alpha value is -3.33. The smallest absolute Gasteiger partial charge is 0.276 e. The molecule has 31 heavy (non-hydrogen) atoms. The van der Waals surface area contributed by atoms with E-state index in [2.05, 4.69) is 34.0 Å². The van der Waals surface area contributed by atoms with Gasteiger partial charge in [0.2, 0.25) is 0 Å². The Kier molecular flexibility index (Phi) is 6.96. The van der Waals surface area contributed by atoms with Gasteiger partial charge >= 0.3 is 0 Å². The largest absolute Gasteiger partial charge is 0.493 e. The summed E-state index contributed by atoms with van der Waals surface area (Å²) in [6, 6.07) is 12.2. The molecule has 0 radical (unpaired) electrons. The second-order valence-electron chi connectivity index (χ2n) is 7.36. The van der Waals surface area contributed by atoms with Crippen LogP contribution in [-0.4, -0.2) is 39.0 Å². The molecule has 0 saturated heterocycles. The molecule has 0 bridgehead atoms. The van der Waals surface area contributed by atoms with E-state index in [0.717, 1.165) is 17.5 Å². The SMILES string of the molecule is COc1ccc(-c2[nH]ncc2C=NNS(=O)(=O)c2ccc(CC(C)C)cc2)cc1OC. The van der Waals surface area contributed by atoms with Crippen molar-refractivity contribution in [3.05, 3.63) is 59.8 Å². The minimum atomic E-state index is -3.77. The molecule has 2 N–H and O–H groups in total. The predicted molar refractivity (Wildman–Crippen MR) is 120 cm³/mol. The number of hydrazone groups is 1. The van der Waals surface area contributed by atoms with E-state index in [1.165, 1.54) is 6.21 Å². The van der Waals surface area contributed by atoms with Gasteiger partial charge in [-0.3, -0.25) is 5.10 Å². The summed E-state index contributed by atoms with van der Waals surface area (Å²) >= 11 is 0. The lowest BCUT2D eigenvalue weighted by Gasteiger charge is -2.09. The Balaban J connectivity index is 1.76. The summed E-state index contributed by atoms with van der Waals surface area (Å²) in [5.41, 5.74) is 3.17. The molecule has 3 aromatic rings. The first-order chi connectivity index (χ1) is 14.8. The van der Waals surface area contributed by atoms with Gasteiger partial charge in [-0.15, -0.1) is 0 Å². The Morgan fingerprint density at radius 3 is 2.45 bits per heavy atom. The summed E-state index contributed by atoms with van der Waals surface area (Å²) < 4.78 is 35.6. The number of rotatable bonds is 9. The maximum Gasteiger partial charge on any atom is 0.276 e. The van der Waals surface area contributed by atoms with Crippen LogP contribution in [0.25, 0.3) is 11.3 Å². The van der Waals surface area contributed by atoms with Gasteiger partial charge in [0.25, 0.3) is 10.0 Å². The van der Waals surface area contributed by atoms with E-state index in [1.54, 1.807) is 44.7 Å². The fourth-order valence-electron chi connectivity index (χ4n) is 3.11. The summed E-state index contributed by atoms with van der Waals surface area (Å²) in [6.45, 7) is 4.24. The zero-order chi connectivity index (χ0) is 22.4. The third-order valence-corrected chi connectivity index (χ3v) is 5.83. The van der Waals surface area contributed by atoms with Crippen LogP contribution in [-0.2, 0) is 16.4 Å². The first-order valence-corrected chi connectivity index (χ1v) is 11.2. The van der Waals surface area contributed by atoms with Gasteiger partial charge in [0.05, 0.1) is 37.2 Å². The molecule has 0 spiro atoms. The number of ether oxygens (including phenoxy) is 2. The van der Waals surface area contributed by atoms with Gasteiger partial charge in [-0.2, -0.15) is 18.6 Å². The average Bonchev–Trinajstić information content (AvgIpc) is 3.21. The van der Waals surface area contributed by atoms with Crippen molar-refractivity contribution in [1.29, 1.82) is 0 Å². The first-order valence-electron chi connectivity index (χ1n) is 9.73. The van der Waals surface area contributed by atoms with E-state index < -0.39 is 10.0 Å². The molecule has 0 aliphatic heterocycles. The molecule has 1 aromatic heterocycles. The number of hydrogen-bond acceptors (Lipinski definition) is 6. The molecular formula is C22H26N4O4S. The lowest BCUT2D eigenvalue weighted by atomic mass is 10.0. The zero-order valence-corrected chi connectivity index (χ0v) is 18.7. The molecule has 1 heterocycles. The molecule has 0 saturated carbocycles. The van der Waals surface area contributed by atoms with Crippen LogP contribution in [0.4, 0.5) is 0 Å². The maximum atomic E-state index is 12.5. The van der Waals surface area contributed by atoms with Crippen LogP contribution in [0.5, 0.6) is 11.5 Å². The number of aromatic amines is 1. The minimum Gasteiger partial charge on any atom is -0.493 e. The summed E-state index contributed by atoms with van der Waals surface area (Å²) in [5.74, 6) is 1.67. The van der Waals surface area contributed by atoms with E-state index in [4.69, 9.17) is 9.47 Å². The Morgan fingerprint density at radius 1 is 1.10 bits per heavy atom. The lowest BCUT2D eigenvalue weighted by Crippen LogP contribution is -2.18. The highest BCUT2D eigenvalue weighted by Crippen LogP contribution is 2.32. The van der Waals surface area contributed by atoms with Crippen LogP contribution < -0.4 is 14.3 Å². The van der Waals surface area contributed by atoms with Gasteiger partial charge in [0, 0.05) is 11.1 Å². The normalized spacial score (nSPS) is 11.8. The number of benzene rings is 2. The van der Waals surface area contributed by atoms with Crippen LogP contribution in [0.3, 0.4) is 0 Å². The minimum absolute atomic E-state index is 0.157. The van der Waals surface area contributed by atoms with Gasteiger partial charge in [-0.05, 0) is 48.2 Å². The summed E-state index contributed by atoms with van der Waals surface area (Å²) in [7, 11) is -0.649. The molecule has 0 atom stereocenters. The van der Waals surface area contributed by atoms with Crippen molar-refractivity contribution >= 4 is 16.2 Å². The number of H-pyrrole nitrogens is 1. The highest BCUT2D eigenvalue weighted by Gasteiger charge is 2.14. The van der Waals surface area contributed by atoms with E-state index in [0.29, 0.717) is 28.7 Å². The second-order valence-corrected chi connectivity index (χ2v) is 9.03. The van der Waals surface area contributed by atoms with Crippen molar-refractivity contribution in [2.45, 2.75) is 25.2 Å². The van der Waals surface area contributed by atoms with Crippen LogP contribution in [0.1, 0.15) is 25.0 Å². The molecule has 0 amide bonds. The van der Waals surface area contributed by atoms with Gasteiger partial charge in [0.15, 0.2) is 11.5 Å². The summed E-state index contributed by atoms with van der Waals surface area (Å²) in [4.78, 5) is 2.41. The van der Waals surface area contributed by atoms with Crippen molar-refractivity contribution in [2.75, 3.05) is 14.2 Å². The Morgan fingerprint density at radius 2 is 1.81 bits per heavy atom. The molecular weight excluding hydrogens is 416 g/mol. The lowest BCUT2D eigenvalue weighted by molar-refractivity contribution is 0.355. The molecule has 3 rings (SSSR count). The molecule has 0 aliphatic carbocycles.